The van der Waals surface area contributed by atoms with Gasteiger partial charge in [0.2, 0.25) is 15.9 Å². The van der Waals surface area contributed by atoms with Crippen LogP contribution in [-0.4, -0.2) is 62.7 Å². The van der Waals surface area contributed by atoms with Gasteiger partial charge in [0.1, 0.15) is 5.75 Å². The number of anilines is 1. The number of hydrogen-bond donors (Lipinski definition) is 1. The van der Waals surface area contributed by atoms with Crippen molar-refractivity contribution in [2.45, 2.75) is 50.0 Å². The van der Waals surface area contributed by atoms with E-state index < -0.39 is 10.0 Å². The van der Waals surface area contributed by atoms with E-state index in [0.29, 0.717) is 17.0 Å². The van der Waals surface area contributed by atoms with Gasteiger partial charge in [-0.25, -0.2) is 8.42 Å². The van der Waals surface area contributed by atoms with Gasteiger partial charge in [0.15, 0.2) is 6.61 Å². The number of likely N-dealkylation sites (N-methyl/N-ethyl adjacent to an activating group) is 2. The molecule has 9 heteroatoms. The fourth-order valence-corrected chi connectivity index (χ4v) is 5.06. The molecule has 2 amide bonds. The first-order valence-electron chi connectivity index (χ1n) is 9.49. The Morgan fingerprint density at radius 3 is 2.57 bits per heavy atom. The molecule has 154 valence electrons. The molecule has 1 aliphatic carbocycles. The van der Waals surface area contributed by atoms with Crippen molar-refractivity contribution >= 4 is 27.5 Å². The standard InChI is InChI=1S/C19H27N3O5S/c1-13-9-15-16(27-12-18(23)20-15)10-17(13)28(25,26)21(2)11-19(24)22(3)14-7-5-4-6-8-14/h9-10,14H,4-8,11-12H2,1-3H3,(H,20,23). The summed E-state index contributed by atoms with van der Waals surface area (Å²) in [6, 6.07) is 3.16. The zero-order chi connectivity index (χ0) is 20.5. The minimum atomic E-state index is -3.88. The number of amides is 2. The molecule has 28 heavy (non-hydrogen) atoms. The molecular formula is C19H27N3O5S. The van der Waals surface area contributed by atoms with Gasteiger partial charge in [-0.05, 0) is 31.4 Å². The molecule has 0 atom stereocenters. The molecule has 0 unspecified atom stereocenters. The molecule has 1 aromatic rings. The van der Waals surface area contributed by atoms with Crippen LogP contribution >= 0.6 is 0 Å². The highest BCUT2D eigenvalue weighted by molar-refractivity contribution is 7.89. The number of nitrogens with one attached hydrogen (secondary N) is 1. The monoisotopic (exact) mass is 409 g/mol. The third-order valence-corrected chi connectivity index (χ3v) is 7.42. The number of rotatable bonds is 5. The van der Waals surface area contributed by atoms with Gasteiger partial charge in [-0.2, -0.15) is 4.31 Å². The number of fused-ring (bicyclic) bond motifs is 1. The Hall–Kier alpha value is -2.13. The minimum Gasteiger partial charge on any atom is -0.482 e. The van der Waals surface area contributed by atoms with E-state index in [1.807, 2.05) is 0 Å². The Morgan fingerprint density at radius 2 is 1.89 bits per heavy atom. The van der Waals surface area contributed by atoms with Crippen molar-refractivity contribution in [2.75, 3.05) is 32.6 Å². The van der Waals surface area contributed by atoms with Crippen LogP contribution in [-0.2, 0) is 19.6 Å². The predicted molar refractivity (Wildman–Crippen MR) is 105 cm³/mol. The summed E-state index contributed by atoms with van der Waals surface area (Å²) in [4.78, 5) is 25.8. The molecule has 0 radical (unpaired) electrons. The molecule has 1 aromatic carbocycles. The highest BCUT2D eigenvalue weighted by Crippen LogP contribution is 2.34. The summed E-state index contributed by atoms with van der Waals surface area (Å²) in [6.45, 7) is 1.28. The van der Waals surface area contributed by atoms with E-state index in [0.717, 1.165) is 30.0 Å². The quantitative estimate of drug-likeness (QED) is 0.799. The molecule has 0 aromatic heterocycles. The van der Waals surface area contributed by atoms with Crippen LogP contribution in [0.1, 0.15) is 37.7 Å². The first-order valence-corrected chi connectivity index (χ1v) is 10.9. The lowest BCUT2D eigenvalue weighted by atomic mass is 9.94. The smallest absolute Gasteiger partial charge is 0.262 e. The maximum atomic E-state index is 13.0. The molecule has 0 saturated heterocycles. The fraction of sp³-hybridized carbons (Fsp3) is 0.579. The van der Waals surface area contributed by atoms with Crippen molar-refractivity contribution in [3.05, 3.63) is 17.7 Å². The van der Waals surface area contributed by atoms with Crippen molar-refractivity contribution in [1.29, 1.82) is 0 Å². The molecule has 8 nitrogen and oxygen atoms in total. The van der Waals surface area contributed by atoms with E-state index in [-0.39, 0.29) is 35.9 Å². The van der Waals surface area contributed by atoms with Crippen molar-refractivity contribution in [3.63, 3.8) is 0 Å². The van der Waals surface area contributed by atoms with Gasteiger partial charge in [0.25, 0.3) is 5.91 Å². The lowest BCUT2D eigenvalue weighted by molar-refractivity contribution is -0.132. The predicted octanol–water partition coefficient (Wildman–Crippen LogP) is 1.74. The normalized spacial score (nSPS) is 17.6. The molecule has 0 spiro atoms. The largest absolute Gasteiger partial charge is 0.482 e. The topological polar surface area (TPSA) is 96.0 Å². The van der Waals surface area contributed by atoms with Gasteiger partial charge in [-0.1, -0.05) is 19.3 Å². The van der Waals surface area contributed by atoms with Crippen LogP contribution in [0.2, 0.25) is 0 Å². The molecule has 0 bridgehead atoms. The zero-order valence-corrected chi connectivity index (χ0v) is 17.3. The number of ether oxygens (including phenoxy) is 1. The SMILES string of the molecule is Cc1cc2c(cc1S(=O)(=O)N(C)CC(=O)N(C)C1CCCCC1)OCC(=O)N2. The van der Waals surface area contributed by atoms with Gasteiger partial charge in [0, 0.05) is 26.2 Å². The summed E-state index contributed by atoms with van der Waals surface area (Å²) < 4.78 is 32.5. The van der Waals surface area contributed by atoms with Crippen LogP contribution in [0.15, 0.2) is 17.0 Å². The second-order valence-corrected chi connectivity index (χ2v) is 9.52. The van der Waals surface area contributed by atoms with Gasteiger partial charge < -0.3 is 15.0 Å². The van der Waals surface area contributed by atoms with E-state index in [1.54, 1.807) is 24.9 Å². The Labute approximate surface area is 165 Å². The summed E-state index contributed by atoms with van der Waals surface area (Å²) >= 11 is 0. The fourth-order valence-electron chi connectivity index (χ4n) is 3.72. The highest BCUT2D eigenvalue weighted by Gasteiger charge is 2.30. The van der Waals surface area contributed by atoms with Crippen LogP contribution in [0.4, 0.5) is 5.69 Å². The van der Waals surface area contributed by atoms with Crippen LogP contribution < -0.4 is 10.1 Å². The number of nitrogens with zero attached hydrogens (tertiary/aromatic N) is 2. The number of benzene rings is 1. The molecule has 1 N–H and O–H groups in total. The van der Waals surface area contributed by atoms with Crippen molar-refractivity contribution in [2.24, 2.45) is 0 Å². The average Bonchev–Trinajstić information content (AvgIpc) is 2.67. The summed E-state index contributed by atoms with van der Waals surface area (Å²) in [5.74, 6) is -0.184. The number of hydrogen-bond acceptors (Lipinski definition) is 5. The number of sulfonamides is 1. The summed E-state index contributed by atoms with van der Waals surface area (Å²) in [7, 11) is -0.727. The second kappa shape index (κ2) is 8.08. The van der Waals surface area contributed by atoms with Gasteiger partial charge in [-0.3, -0.25) is 9.59 Å². The van der Waals surface area contributed by atoms with Crippen LogP contribution in [0, 0.1) is 6.92 Å². The number of carbonyl (C=O) groups excluding carboxylic acids is 2. The number of carbonyl (C=O) groups is 2. The van der Waals surface area contributed by atoms with Gasteiger partial charge in [-0.15, -0.1) is 0 Å². The number of aryl methyl sites for hydroxylation is 1. The minimum absolute atomic E-state index is 0.0676. The lowest BCUT2D eigenvalue weighted by Gasteiger charge is -2.32. The Kier molecular flexibility index (Phi) is 5.95. The molecule has 2 aliphatic rings. The van der Waals surface area contributed by atoms with E-state index in [2.05, 4.69) is 5.32 Å². The molecule has 1 fully saturated rings. The van der Waals surface area contributed by atoms with Crippen LogP contribution in [0.25, 0.3) is 0 Å². The Balaban J connectivity index is 1.76. The molecular weight excluding hydrogens is 382 g/mol. The van der Waals surface area contributed by atoms with E-state index in [4.69, 9.17) is 4.74 Å². The zero-order valence-electron chi connectivity index (χ0n) is 16.5. The van der Waals surface area contributed by atoms with E-state index >= 15 is 0 Å². The molecule has 1 aliphatic heterocycles. The van der Waals surface area contributed by atoms with Gasteiger partial charge in [0.05, 0.1) is 17.1 Å². The summed E-state index contributed by atoms with van der Waals surface area (Å²) in [5.41, 5.74) is 0.924. The third-order valence-electron chi connectivity index (χ3n) is 5.47. The van der Waals surface area contributed by atoms with Crippen molar-refractivity contribution in [3.8, 4) is 5.75 Å². The maximum Gasteiger partial charge on any atom is 0.262 e. The first-order chi connectivity index (χ1) is 13.2. The lowest BCUT2D eigenvalue weighted by Crippen LogP contribution is -2.44. The van der Waals surface area contributed by atoms with Crippen molar-refractivity contribution in [1.82, 2.24) is 9.21 Å². The highest BCUT2D eigenvalue weighted by atomic mass is 32.2. The van der Waals surface area contributed by atoms with Gasteiger partial charge >= 0.3 is 0 Å². The first kappa shape index (κ1) is 20.6. The van der Waals surface area contributed by atoms with E-state index in [9.17, 15) is 18.0 Å². The van der Waals surface area contributed by atoms with E-state index in [1.165, 1.54) is 19.5 Å². The van der Waals surface area contributed by atoms with Crippen LogP contribution in [0.5, 0.6) is 5.75 Å². The Bertz CT molecular complexity index is 878. The average molecular weight is 410 g/mol. The molecule has 3 rings (SSSR count). The third kappa shape index (κ3) is 4.15. The second-order valence-electron chi connectivity index (χ2n) is 7.51. The Morgan fingerprint density at radius 1 is 1.21 bits per heavy atom. The van der Waals surface area contributed by atoms with Crippen LogP contribution in [0.3, 0.4) is 0 Å². The molecule has 1 heterocycles. The molecule has 1 saturated carbocycles. The summed E-state index contributed by atoms with van der Waals surface area (Å²) in [6.07, 6.45) is 5.31. The maximum absolute atomic E-state index is 13.0. The van der Waals surface area contributed by atoms with Crippen molar-refractivity contribution < 1.29 is 22.7 Å². The summed E-state index contributed by atoms with van der Waals surface area (Å²) in [5, 5.41) is 2.66.